The second-order valence-electron chi connectivity index (χ2n) is 6.81. The summed E-state index contributed by atoms with van der Waals surface area (Å²) in [6.45, 7) is 6.46. The van der Waals surface area contributed by atoms with Gasteiger partial charge in [-0.25, -0.2) is 0 Å². The van der Waals surface area contributed by atoms with E-state index < -0.39 is 0 Å². The van der Waals surface area contributed by atoms with Gasteiger partial charge < -0.3 is 14.7 Å². The largest absolute Gasteiger partial charge is 0.378 e. The summed E-state index contributed by atoms with van der Waals surface area (Å²) in [6, 6.07) is 15.7. The van der Waals surface area contributed by atoms with E-state index in [0.717, 1.165) is 22.6 Å². The Bertz CT molecular complexity index is 784. The molecule has 2 rings (SSSR count). The third kappa shape index (κ3) is 5.33. The van der Waals surface area contributed by atoms with E-state index in [1.807, 2.05) is 81.4 Å². The zero-order valence-corrected chi connectivity index (χ0v) is 16.9. The molecular weight excluding hydrogens is 338 g/mol. The lowest BCUT2D eigenvalue weighted by Crippen LogP contribution is -2.36. The number of rotatable bonds is 7. The summed E-state index contributed by atoms with van der Waals surface area (Å²) in [5.41, 5.74) is 3.88. The molecule has 0 aliphatic carbocycles. The van der Waals surface area contributed by atoms with Crippen molar-refractivity contribution in [1.82, 2.24) is 0 Å². The smallest absolute Gasteiger partial charge is 0.228 e. The predicted molar refractivity (Wildman–Crippen MR) is 113 cm³/mol. The minimum absolute atomic E-state index is 0.0132. The molecule has 0 unspecified atom stereocenters. The molecule has 0 spiro atoms. The zero-order chi connectivity index (χ0) is 20.0. The van der Waals surface area contributed by atoms with Gasteiger partial charge >= 0.3 is 0 Å². The van der Waals surface area contributed by atoms with Crippen LogP contribution in [0.4, 0.5) is 17.1 Å². The van der Waals surface area contributed by atoms with E-state index in [2.05, 4.69) is 0 Å². The second kappa shape index (κ2) is 9.21. The average molecular weight is 367 g/mol. The minimum Gasteiger partial charge on any atom is -0.378 e. The van der Waals surface area contributed by atoms with E-state index >= 15 is 0 Å². The van der Waals surface area contributed by atoms with Gasteiger partial charge in [-0.05, 0) is 55.8 Å². The lowest BCUT2D eigenvalue weighted by atomic mass is 10.2. The van der Waals surface area contributed by atoms with Gasteiger partial charge in [0, 0.05) is 57.6 Å². The van der Waals surface area contributed by atoms with Gasteiger partial charge in [0.1, 0.15) is 0 Å². The Morgan fingerprint density at radius 3 is 2.04 bits per heavy atom. The van der Waals surface area contributed by atoms with E-state index in [9.17, 15) is 9.59 Å². The molecule has 144 valence electrons. The Balaban J connectivity index is 2.10. The number of carbonyl (C=O) groups excluding carboxylic acids is 2. The summed E-state index contributed by atoms with van der Waals surface area (Å²) in [4.78, 5) is 30.3. The highest BCUT2D eigenvalue weighted by atomic mass is 16.2. The summed E-state index contributed by atoms with van der Waals surface area (Å²) < 4.78 is 0. The summed E-state index contributed by atoms with van der Waals surface area (Å²) in [5, 5.41) is 0. The summed E-state index contributed by atoms with van der Waals surface area (Å²) >= 11 is 0. The second-order valence-corrected chi connectivity index (χ2v) is 6.81. The Hall–Kier alpha value is -2.82. The quantitative estimate of drug-likeness (QED) is 0.746. The summed E-state index contributed by atoms with van der Waals surface area (Å²) in [6.07, 6.45) is 0.275. The van der Waals surface area contributed by atoms with Crippen LogP contribution in [0.1, 0.15) is 25.8 Å². The molecule has 2 amide bonds. The maximum atomic E-state index is 12.8. The van der Waals surface area contributed by atoms with E-state index in [0.29, 0.717) is 13.1 Å². The van der Waals surface area contributed by atoms with Gasteiger partial charge in [-0.1, -0.05) is 12.1 Å². The molecular formula is C22H29N3O2. The third-order valence-electron chi connectivity index (χ3n) is 4.54. The van der Waals surface area contributed by atoms with Crippen molar-refractivity contribution >= 4 is 28.9 Å². The van der Waals surface area contributed by atoms with E-state index in [4.69, 9.17) is 0 Å². The van der Waals surface area contributed by atoms with Gasteiger partial charge in [0.05, 0.1) is 0 Å². The van der Waals surface area contributed by atoms with Gasteiger partial charge in [0.15, 0.2) is 0 Å². The van der Waals surface area contributed by atoms with Crippen molar-refractivity contribution in [3.63, 3.8) is 0 Å². The lowest BCUT2D eigenvalue weighted by molar-refractivity contribution is -0.118. The Labute approximate surface area is 162 Å². The molecule has 0 aliphatic heterocycles. The topological polar surface area (TPSA) is 43.9 Å². The van der Waals surface area contributed by atoms with Crippen LogP contribution < -0.4 is 14.7 Å². The van der Waals surface area contributed by atoms with Gasteiger partial charge in [-0.2, -0.15) is 0 Å². The Morgan fingerprint density at radius 2 is 1.52 bits per heavy atom. The molecule has 27 heavy (non-hydrogen) atoms. The van der Waals surface area contributed by atoms with Crippen LogP contribution in [0.5, 0.6) is 0 Å². The van der Waals surface area contributed by atoms with Crippen molar-refractivity contribution in [3.8, 4) is 0 Å². The molecule has 0 saturated carbocycles. The van der Waals surface area contributed by atoms with E-state index in [1.54, 1.807) is 9.80 Å². The third-order valence-corrected chi connectivity index (χ3v) is 4.54. The van der Waals surface area contributed by atoms with Gasteiger partial charge in [0.2, 0.25) is 11.8 Å². The van der Waals surface area contributed by atoms with Gasteiger partial charge in [-0.15, -0.1) is 0 Å². The number of nitrogens with zero attached hydrogens (tertiary/aromatic N) is 3. The highest BCUT2D eigenvalue weighted by Gasteiger charge is 2.18. The van der Waals surface area contributed by atoms with Crippen LogP contribution in [0.2, 0.25) is 0 Å². The molecule has 5 nitrogen and oxygen atoms in total. The SMILES string of the molecule is CCN(C(=O)CCN(C(C)=O)c1ccc(N(C)C)cc1)c1cccc(C)c1. The number of benzene rings is 2. The van der Waals surface area contributed by atoms with Crippen LogP contribution in [0, 0.1) is 6.92 Å². The van der Waals surface area contributed by atoms with Crippen molar-refractivity contribution in [2.45, 2.75) is 27.2 Å². The van der Waals surface area contributed by atoms with Crippen LogP contribution in [-0.4, -0.2) is 39.0 Å². The van der Waals surface area contributed by atoms with Crippen LogP contribution in [0.15, 0.2) is 48.5 Å². The zero-order valence-electron chi connectivity index (χ0n) is 16.9. The molecule has 0 fully saturated rings. The molecule has 5 heteroatoms. The van der Waals surface area contributed by atoms with E-state index in [1.165, 1.54) is 6.92 Å². The molecule has 0 heterocycles. The predicted octanol–water partition coefficient (Wildman–Crippen LogP) is 3.86. The summed E-state index contributed by atoms with van der Waals surface area (Å²) in [7, 11) is 3.95. The van der Waals surface area contributed by atoms with Crippen molar-refractivity contribution in [2.24, 2.45) is 0 Å². The maximum absolute atomic E-state index is 12.8. The fourth-order valence-electron chi connectivity index (χ4n) is 3.04. The number of anilines is 3. The number of aryl methyl sites for hydroxylation is 1. The van der Waals surface area contributed by atoms with Crippen LogP contribution >= 0.6 is 0 Å². The van der Waals surface area contributed by atoms with Gasteiger partial charge in [0.25, 0.3) is 0 Å². The Kier molecular flexibility index (Phi) is 6.99. The normalized spacial score (nSPS) is 10.4. The van der Waals surface area contributed by atoms with Crippen molar-refractivity contribution in [2.75, 3.05) is 41.9 Å². The number of hydrogen-bond acceptors (Lipinski definition) is 3. The number of hydrogen-bond donors (Lipinski definition) is 0. The molecule has 0 radical (unpaired) electrons. The first-order valence-electron chi connectivity index (χ1n) is 9.26. The van der Waals surface area contributed by atoms with Crippen LogP contribution in [0.3, 0.4) is 0 Å². The van der Waals surface area contributed by atoms with Crippen molar-refractivity contribution in [3.05, 3.63) is 54.1 Å². The van der Waals surface area contributed by atoms with Crippen LogP contribution in [-0.2, 0) is 9.59 Å². The standard InChI is InChI=1S/C22H29N3O2/c1-6-24(21-9-7-8-17(2)16-21)22(27)14-15-25(18(3)26)20-12-10-19(11-13-20)23(4)5/h7-13,16H,6,14-15H2,1-5H3. The Morgan fingerprint density at radius 1 is 0.889 bits per heavy atom. The number of carbonyl (C=O) groups is 2. The molecule has 0 aromatic heterocycles. The fourth-order valence-corrected chi connectivity index (χ4v) is 3.04. The van der Waals surface area contributed by atoms with Crippen molar-refractivity contribution in [1.29, 1.82) is 0 Å². The number of amides is 2. The van der Waals surface area contributed by atoms with Crippen LogP contribution in [0.25, 0.3) is 0 Å². The molecule has 2 aromatic rings. The first-order chi connectivity index (χ1) is 12.8. The maximum Gasteiger partial charge on any atom is 0.228 e. The molecule has 0 atom stereocenters. The minimum atomic E-state index is -0.0704. The highest BCUT2D eigenvalue weighted by molar-refractivity contribution is 5.96. The monoisotopic (exact) mass is 367 g/mol. The first-order valence-corrected chi connectivity index (χ1v) is 9.26. The van der Waals surface area contributed by atoms with Gasteiger partial charge in [-0.3, -0.25) is 9.59 Å². The molecule has 2 aromatic carbocycles. The molecule has 0 bridgehead atoms. The van der Waals surface area contributed by atoms with Crippen molar-refractivity contribution < 1.29 is 9.59 Å². The first kappa shape index (κ1) is 20.5. The lowest BCUT2D eigenvalue weighted by Gasteiger charge is -2.25. The molecule has 0 saturated heterocycles. The molecule has 0 N–H and O–H groups in total. The average Bonchev–Trinajstić information content (AvgIpc) is 2.62. The molecule has 0 aliphatic rings. The highest BCUT2D eigenvalue weighted by Crippen LogP contribution is 2.21. The summed E-state index contributed by atoms with van der Waals surface area (Å²) in [5.74, 6) is -0.0572. The fraction of sp³-hybridized carbons (Fsp3) is 0.364. The van der Waals surface area contributed by atoms with E-state index in [-0.39, 0.29) is 18.2 Å².